The van der Waals surface area contributed by atoms with E-state index in [2.05, 4.69) is 129 Å². The van der Waals surface area contributed by atoms with Gasteiger partial charge in [-0.1, -0.05) is 81.4 Å². The maximum Gasteiger partial charge on any atom is 0.192 e. The normalized spacial score (nSPS) is 16.8. The van der Waals surface area contributed by atoms with E-state index in [0.29, 0.717) is 6.04 Å². The number of hydrogen-bond acceptors (Lipinski definition) is 4. The van der Waals surface area contributed by atoms with Crippen molar-refractivity contribution in [2.75, 3.05) is 25.2 Å². The zero-order chi connectivity index (χ0) is 25.8. The summed E-state index contributed by atoms with van der Waals surface area (Å²) in [6, 6.07) is 30.8. The highest BCUT2D eigenvalue weighted by Gasteiger charge is 2.45. The molecular weight excluding hydrogens is 460 g/mol. The lowest BCUT2D eigenvalue weighted by molar-refractivity contribution is 0.114. The lowest BCUT2D eigenvalue weighted by atomic mass is 10.1. The third-order valence-corrected chi connectivity index (χ3v) is 12.3. The van der Waals surface area contributed by atoms with Gasteiger partial charge in [0, 0.05) is 25.3 Å². The summed E-state index contributed by atoms with van der Waals surface area (Å²) in [5, 5.41) is 0.181. The lowest BCUT2D eigenvalue weighted by Crippen LogP contribution is -2.48. The Morgan fingerprint density at radius 3 is 1.86 bits per heavy atom. The fraction of sp³-hybridized carbons (Fsp3) is 0.419. The van der Waals surface area contributed by atoms with Crippen LogP contribution in [-0.2, 0) is 17.5 Å². The van der Waals surface area contributed by atoms with Gasteiger partial charge in [0.25, 0.3) is 0 Å². The molecule has 0 aliphatic carbocycles. The van der Waals surface area contributed by atoms with Crippen LogP contribution in [0.15, 0.2) is 84.9 Å². The van der Waals surface area contributed by atoms with E-state index in [9.17, 15) is 0 Å². The minimum absolute atomic E-state index is 0.181. The van der Waals surface area contributed by atoms with Crippen LogP contribution in [0.25, 0.3) is 0 Å². The third-order valence-electron chi connectivity index (χ3n) is 7.85. The van der Waals surface area contributed by atoms with E-state index in [1.807, 2.05) is 0 Å². The SMILES string of the molecule is COc1ccc(N2C[C@@H]2[C@H](CO[Si](C)(C)C(C)(C)C)N(Cc2ccccc2)Cc2ccccc2)cc1. The van der Waals surface area contributed by atoms with Gasteiger partial charge in [-0.05, 0) is 53.5 Å². The zero-order valence-corrected chi connectivity index (χ0v) is 23.8. The Bertz CT molecular complexity index is 1040. The molecule has 0 amide bonds. The average molecular weight is 503 g/mol. The van der Waals surface area contributed by atoms with Crippen molar-refractivity contribution in [3.8, 4) is 5.75 Å². The van der Waals surface area contributed by atoms with Crippen molar-refractivity contribution in [1.29, 1.82) is 0 Å². The Kier molecular flexibility index (Phi) is 8.23. The quantitative estimate of drug-likeness (QED) is 0.209. The third kappa shape index (κ3) is 6.58. The number of ether oxygens (including phenoxy) is 1. The van der Waals surface area contributed by atoms with Crippen molar-refractivity contribution in [2.24, 2.45) is 0 Å². The van der Waals surface area contributed by atoms with E-state index in [-0.39, 0.29) is 11.1 Å². The lowest BCUT2D eigenvalue weighted by Gasteiger charge is -2.39. The Morgan fingerprint density at radius 1 is 0.861 bits per heavy atom. The molecule has 1 fully saturated rings. The van der Waals surface area contributed by atoms with Crippen LogP contribution in [-0.4, -0.2) is 45.6 Å². The molecule has 2 atom stereocenters. The molecule has 36 heavy (non-hydrogen) atoms. The second kappa shape index (κ2) is 11.2. The molecular formula is C31H42N2O2Si. The summed E-state index contributed by atoms with van der Waals surface area (Å²) in [7, 11) is -0.174. The molecule has 4 nitrogen and oxygen atoms in total. The van der Waals surface area contributed by atoms with E-state index in [1.54, 1.807) is 7.11 Å². The van der Waals surface area contributed by atoms with Gasteiger partial charge in [-0.3, -0.25) is 4.90 Å². The van der Waals surface area contributed by atoms with Crippen molar-refractivity contribution in [3.63, 3.8) is 0 Å². The second-order valence-corrected chi connectivity index (χ2v) is 16.2. The topological polar surface area (TPSA) is 24.7 Å². The summed E-state index contributed by atoms with van der Waals surface area (Å²) in [4.78, 5) is 5.13. The molecule has 5 heteroatoms. The van der Waals surface area contributed by atoms with Crippen LogP contribution < -0.4 is 9.64 Å². The van der Waals surface area contributed by atoms with Crippen LogP contribution in [0.4, 0.5) is 5.69 Å². The molecule has 0 aromatic heterocycles. The fourth-order valence-electron chi connectivity index (χ4n) is 4.45. The van der Waals surface area contributed by atoms with Gasteiger partial charge in [0.2, 0.25) is 0 Å². The van der Waals surface area contributed by atoms with Crippen LogP contribution in [0.5, 0.6) is 5.75 Å². The molecule has 0 unspecified atom stereocenters. The highest BCUT2D eigenvalue weighted by molar-refractivity contribution is 6.74. The molecule has 1 heterocycles. The number of nitrogens with zero attached hydrogens (tertiary/aromatic N) is 2. The highest BCUT2D eigenvalue weighted by atomic mass is 28.4. The Morgan fingerprint density at radius 2 is 1.39 bits per heavy atom. The van der Waals surface area contributed by atoms with E-state index in [4.69, 9.17) is 9.16 Å². The van der Waals surface area contributed by atoms with Crippen molar-refractivity contribution in [2.45, 2.75) is 64.1 Å². The summed E-state index contributed by atoms with van der Waals surface area (Å²) in [5.74, 6) is 0.893. The molecule has 0 saturated carbocycles. The summed E-state index contributed by atoms with van der Waals surface area (Å²) in [6.07, 6.45) is 0. The van der Waals surface area contributed by atoms with Gasteiger partial charge in [0.15, 0.2) is 8.32 Å². The summed E-state index contributed by atoms with van der Waals surface area (Å²) in [5.41, 5.74) is 3.92. The van der Waals surface area contributed by atoms with Gasteiger partial charge in [-0.15, -0.1) is 0 Å². The van der Waals surface area contributed by atoms with Gasteiger partial charge in [-0.2, -0.15) is 0 Å². The van der Waals surface area contributed by atoms with Gasteiger partial charge in [-0.25, -0.2) is 0 Å². The first-order chi connectivity index (χ1) is 17.2. The fourth-order valence-corrected chi connectivity index (χ4v) is 5.47. The first-order valence-electron chi connectivity index (χ1n) is 13.0. The number of anilines is 1. The summed E-state index contributed by atoms with van der Waals surface area (Å²) >= 11 is 0. The number of benzene rings is 3. The molecule has 3 aromatic carbocycles. The van der Waals surface area contributed by atoms with Crippen LogP contribution in [0.3, 0.4) is 0 Å². The number of rotatable bonds is 11. The summed E-state index contributed by atoms with van der Waals surface area (Å²) < 4.78 is 12.3. The van der Waals surface area contributed by atoms with E-state index in [0.717, 1.165) is 32.0 Å². The summed E-state index contributed by atoms with van der Waals surface area (Å²) in [6.45, 7) is 15.3. The number of hydrogen-bond donors (Lipinski definition) is 0. The van der Waals surface area contributed by atoms with Crippen LogP contribution in [0, 0.1) is 0 Å². The van der Waals surface area contributed by atoms with Gasteiger partial charge in [0.05, 0.1) is 25.8 Å². The molecule has 192 valence electrons. The van der Waals surface area contributed by atoms with Crippen LogP contribution >= 0.6 is 0 Å². The van der Waals surface area contributed by atoms with Gasteiger partial charge < -0.3 is 14.1 Å². The Hall–Kier alpha value is -2.60. The van der Waals surface area contributed by atoms with E-state index >= 15 is 0 Å². The number of methoxy groups -OCH3 is 1. The molecule has 4 rings (SSSR count). The largest absolute Gasteiger partial charge is 0.497 e. The zero-order valence-electron chi connectivity index (χ0n) is 22.8. The maximum absolute atomic E-state index is 6.89. The predicted octanol–water partition coefficient (Wildman–Crippen LogP) is 6.98. The second-order valence-electron chi connectivity index (χ2n) is 11.4. The first-order valence-corrected chi connectivity index (χ1v) is 16.0. The Balaban J connectivity index is 1.62. The molecule has 1 saturated heterocycles. The average Bonchev–Trinajstić information content (AvgIpc) is 3.65. The van der Waals surface area contributed by atoms with E-state index in [1.165, 1.54) is 16.8 Å². The van der Waals surface area contributed by atoms with Crippen molar-refractivity contribution in [3.05, 3.63) is 96.1 Å². The van der Waals surface area contributed by atoms with Gasteiger partial charge in [0.1, 0.15) is 5.75 Å². The monoisotopic (exact) mass is 502 g/mol. The molecule has 0 radical (unpaired) electrons. The van der Waals surface area contributed by atoms with Crippen molar-refractivity contribution in [1.82, 2.24) is 4.90 Å². The van der Waals surface area contributed by atoms with Gasteiger partial charge >= 0.3 is 0 Å². The molecule has 0 spiro atoms. The predicted molar refractivity (Wildman–Crippen MR) is 153 cm³/mol. The minimum Gasteiger partial charge on any atom is -0.497 e. The molecule has 0 bridgehead atoms. The van der Waals surface area contributed by atoms with Crippen molar-refractivity contribution < 1.29 is 9.16 Å². The minimum atomic E-state index is -1.89. The first kappa shape index (κ1) is 26.5. The van der Waals surface area contributed by atoms with E-state index < -0.39 is 8.32 Å². The molecule has 1 aliphatic heterocycles. The van der Waals surface area contributed by atoms with Crippen LogP contribution in [0.2, 0.25) is 18.1 Å². The molecule has 3 aromatic rings. The molecule has 1 aliphatic rings. The standard InChI is InChI=1S/C31H42N2O2Si/c1-31(2,3)36(5,6)35-24-30(29-23-33(29)27-17-19-28(34-4)20-18-27)32(21-25-13-9-7-10-14-25)22-26-15-11-8-12-16-26/h7-20,29-30H,21-24H2,1-6H3/t29-,30+,33?/m1/s1. The van der Waals surface area contributed by atoms with Crippen LogP contribution in [0.1, 0.15) is 31.9 Å². The highest BCUT2D eigenvalue weighted by Crippen LogP contribution is 2.39. The maximum atomic E-state index is 6.89. The Labute approximate surface area is 219 Å². The van der Waals surface area contributed by atoms with Crippen molar-refractivity contribution >= 4 is 14.0 Å². The smallest absolute Gasteiger partial charge is 0.192 e. The molecule has 0 N–H and O–H groups in total.